The summed E-state index contributed by atoms with van der Waals surface area (Å²) in [5.41, 5.74) is 6.04. The molecule has 0 spiro atoms. The third-order valence-corrected chi connectivity index (χ3v) is 0.882. The van der Waals surface area contributed by atoms with Crippen LogP contribution < -0.4 is 11.1 Å². The zero-order chi connectivity index (χ0) is 7.11. The Morgan fingerprint density at radius 3 is 2.89 bits per heavy atom. The molecular weight excluding hydrogens is 116 g/mol. The number of nitrogens with two attached hydrogens (primary N) is 1. The highest BCUT2D eigenvalue weighted by molar-refractivity contribution is 5.52. The molecule has 0 amide bonds. The predicted octanol–water partition coefficient (Wildman–Crippen LogP) is -0.363. The van der Waals surface area contributed by atoms with Crippen LogP contribution in [0.5, 0.6) is 0 Å². The predicted molar refractivity (Wildman–Crippen MR) is 36.9 cm³/mol. The van der Waals surface area contributed by atoms with Gasteiger partial charge in [0.25, 0.3) is 0 Å². The van der Waals surface area contributed by atoms with Gasteiger partial charge in [-0.15, -0.1) is 0 Å². The van der Waals surface area contributed by atoms with Crippen molar-refractivity contribution in [3.63, 3.8) is 0 Å². The molecule has 0 unspecified atom stereocenters. The number of hydrogen-bond acceptors (Lipinski definition) is 3. The zero-order valence-corrected chi connectivity index (χ0v) is 5.39. The molecule has 0 rings (SSSR count). The van der Waals surface area contributed by atoms with Crippen molar-refractivity contribution in [1.82, 2.24) is 5.32 Å². The van der Waals surface area contributed by atoms with Crippen molar-refractivity contribution in [2.75, 3.05) is 13.1 Å². The molecule has 0 aliphatic heterocycles. The fraction of sp³-hybridized carbons (Fsp3) is 0.500. The number of rotatable bonds is 5. The second-order valence-electron chi connectivity index (χ2n) is 1.69. The maximum atomic E-state index is 9.78. The van der Waals surface area contributed by atoms with Crippen LogP contribution >= 0.6 is 0 Å². The maximum Gasteiger partial charge on any atom is 0.139 e. The van der Waals surface area contributed by atoms with Crippen LogP contribution in [0.25, 0.3) is 0 Å². The molecule has 0 aliphatic rings. The van der Waals surface area contributed by atoms with Gasteiger partial charge in [0.15, 0.2) is 0 Å². The Kier molecular flexibility index (Phi) is 4.82. The van der Waals surface area contributed by atoms with Gasteiger partial charge >= 0.3 is 0 Å². The van der Waals surface area contributed by atoms with Crippen LogP contribution in [-0.4, -0.2) is 19.4 Å². The molecule has 3 heteroatoms. The average Bonchev–Trinajstić information content (AvgIpc) is 1.85. The lowest BCUT2D eigenvalue weighted by Crippen LogP contribution is -2.17. The Morgan fingerprint density at radius 2 is 2.44 bits per heavy atom. The van der Waals surface area contributed by atoms with E-state index in [0.29, 0.717) is 13.1 Å². The summed E-state index contributed by atoms with van der Waals surface area (Å²) in [7, 11) is 0. The Hall–Kier alpha value is -0.830. The standard InChI is InChI=1S/C6H12N2O/c1-6(2-3-7)8-4-5-9/h5,8H,1-4,7H2. The second kappa shape index (κ2) is 5.31. The molecule has 0 saturated heterocycles. The maximum absolute atomic E-state index is 9.78. The molecule has 52 valence electrons. The number of carbonyl (C=O) groups excluding carboxylic acids is 1. The van der Waals surface area contributed by atoms with Gasteiger partial charge in [-0.3, -0.25) is 0 Å². The first kappa shape index (κ1) is 8.17. The number of carbonyl (C=O) groups is 1. The van der Waals surface area contributed by atoms with Crippen molar-refractivity contribution in [2.24, 2.45) is 5.73 Å². The molecular formula is C6H12N2O. The summed E-state index contributed by atoms with van der Waals surface area (Å²) in [5.74, 6) is 0. The average molecular weight is 128 g/mol. The molecule has 3 nitrogen and oxygen atoms in total. The van der Waals surface area contributed by atoms with Gasteiger partial charge in [0.2, 0.25) is 0 Å². The monoisotopic (exact) mass is 128 g/mol. The topological polar surface area (TPSA) is 55.1 Å². The van der Waals surface area contributed by atoms with Crippen LogP contribution in [-0.2, 0) is 4.79 Å². The lowest BCUT2D eigenvalue weighted by molar-refractivity contribution is -0.107. The van der Waals surface area contributed by atoms with Crippen molar-refractivity contribution in [2.45, 2.75) is 6.42 Å². The van der Waals surface area contributed by atoms with Crippen LogP contribution in [0.2, 0.25) is 0 Å². The van der Waals surface area contributed by atoms with E-state index in [2.05, 4.69) is 11.9 Å². The van der Waals surface area contributed by atoms with E-state index in [1.165, 1.54) is 0 Å². The van der Waals surface area contributed by atoms with Gasteiger partial charge in [-0.2, -0.15) is 0 Å². The number of aldehydes is 1. The first-order valence-electron chi connectivity index (χ1n) is 2.86. The van der Waals surface area contributed by atoms with E-state index in [-0.39, 0.29) is 0 Å². The first-order valence-corrected chi connectivity index (χ1v) is 2.86. The molecule has 0 fully saturated rings. The van der Waals surface area contributed by atoms with E-state index in [0.717, 1.165) is 18.4 Å². The largest absolute Gasteiger partial charge is 0.382 e. The van der Waals surface area contributed by atoms with Crippen LogP contribution in [0, 0.1) is 0 Å². The molecule has 0 atom stereocenters. The van der Waals surface area contributed by atoms with E-state index < -0.39 is 0 Å². The minimum absolute atomic E-state index is 0.332. The molecule has 9 heavy (non-hydrogen) atoms. The van der Waals surface area contributed by atoms with Gasteiger partial charge in [-0.25, -0.2) is 0 Å². The highest BCUT2D eigenvalue weighted by atomic mass is 16.1. The molecule has 0 aromatic heterocycles. The number of nitrogens with one attached hydrogen (secondary N) is 1. The Bertz CT molecular complexity index is 101. The van der Waals surface area contributed by atoms with E-state index in [9.17, 15) is 4.79 Å². The summed E-state index contributed by atoms with van der Waals surface area (Å²) in [6.07, 6.45) is 1.52. The van der Waals surface area contributed by atoms with Crippen molar-refractivity contribution in [3.8, 4) is 0 Å². The van der Waals surface area contributed by atoms with Crippen molar-refractivity contribution >= 4 is 6.29 Å². The van der Waals surface area contributed by atoms with Gasteiger partial charge in [0, 0.05) is 5.70 Å². The molecule has 0 aromatic carbocycles. The Labute approximate surface area is 54.9 Å². The summed E-state index contributed by atoms with van der Waals surface area (Å²) < 4.78 is 0. The highest BCUT2D eigenvalue weighted by Gasteiger charge is 1.87. The molecule has 0 radical (unpaired) electrons. The normalized spacial score (nSPS) is 8.56. The highest BCUT2D eigenvalue weighted by Crippen LogP contribution is 1.86. The van der Waals surface area contributed by atoms with Gasteiger partial charge in [0.1, 0.15) is 6.29 Å². The third-order valence-electron chi connectivity index (χ3n) is 0.882. The summed E-state index contributed by atoms with van der Waals surface area (Å²) in [5, 5.41) is 2.79. The van der Waals surface area contributed by atoms with Crippen molar-refractivity contribution < 1.29 is 4.79 Å². The SMILES string of the molecule is C=C(CCN)NCC=O. The summed E-state index contributed by atoms with van der Waals surface area (Å²) in [4.78, 5) is 9.78. The second-order valence-corrected chi connectivity index (χ2v) is 1.69. The molecule has 0 saturated carbocycles. The van der Waals surface area contributed by atoms with Gasteiger partial charge in [-0.05, 0) is 13.0 Å². The smallest absolute Gasteiger partial charge is 0.139 e. The third kappa shape index (κ3) is 5.03. The summed E-state index contributed by atoms with van der Waals surface area (Å²) in [6.45, 7) is 4.54. The lowest BCUT2D eigenvalue weighted by Gasteiger charge is -2.02. The van der Waals surface area contributed by atoms with Crippen molar-refractivity contribution in [1.29, 1.82) is 0 Å². The van der Waals surface area contributed by atoms with Crippen LogP contribution in [0.15, 0.2) is 12.3 Å². The van der Waals surface area contributed by atoms with Crippen LogP contribution in [0.1, 0.15) is 6.42 Å². The summed E-state index contributed by atoms with van der Waals surface area (Å²) in [6, 6.07) is 0. The number of hydrogen-bond donors (Lipinski definition) is 2. The van der Waals surface area contributed by atoms with Crippen molar-refractivity contribution in [3.05, 3.63) is 12.3 Å². The van der Waals surface area contributed by atoms with E-state index >= 15 is 0 Å². The zero-order valence-electron chi connectivity index (χ0n) is 5.39. The fourth-order valence-corrected chi connectivity index (χ4v) is 0.449. The van der Waals surface area contributed by atoms with Crippen LogP contribution in [0.3, 0.4) is 0 Å². The van der Waals surface area contributed by atoms with E-state index in [1.54, 1.807) is 0 Å². The van der Waals surface area contributed by atoms with Crippen LogP contribution in [0.4, 0.5) is 0 Å². The minimum atomic E-state index is 0.332. The molecule has 0 aliphatic carbocycles. The summed E-state index contributed by atoms with van der Waals surface area (Å²) >= 11 is 0. The first-order chi connectivity index (χ1) is 4.31. The van der Waals surface area contributed by atoms with Gasteiger partial charge in [0.05, 0.1) is 6.54 Å². The Balaban J connectivity index is 3.16. The van der Waals surface area contributed by atoms with Gasteiger partial charge in [-0.1, -0.05) is 6.58 Å². The Morgan fingerprint density at radius 1 is 1.78 bits per heavy atom. The minimum Gasteiger partial charge on any atom is -0.382 e. The molecule has 0 bridgehead atoms. The lowest BCUT2D eigenvalue weighted by atomic mass is 10.3. The molecule has 0 aromatic rings. The van der Waals surface area contributed by atoms with E-state index in [4.69, 9.17) is 5.73 Å². The van der Waals surface area contributed by atoms with Gasteiger partial charge < -0.3 is 15.8 Å². The molecule has 0 heterocycles. The fourth-order valence-electron chi connectivity index (χ4n) is 0.449. The van der Waals surface area contributed by atoms with E-state index in [1.807, 2.05) is 0 Å². The quantitative estimate of drug-likeness (QED) is 0.497. The molecule has 3 N–H and O–H groups in total.